The number of aryl methyl sites for hydroxylation is 1. The van der Waals surface area contributed by atoms with Crippen LogP contribution in [0, 0.1) is 6.92 Å². The number of halogens is 1. The first kappa shape index (κ1) is 14.4. The van der Waals surface area contributed by atoms with Crippen LogP contribution < -0.4 is 5.32 Å². The number of hydrogen-bond donors (Lipinski definition) is 2. The molecule has 0 aromatic heterocycles. The highest BCUT2D eigenvalue weighted by molar-refractivity contribution is 9.10. The zero-order chi connectivity index (χ0) is 13.9. The summed E-state index contributed by atoms with van der Waals surface area (Å²) in [4.78, 5) is 22.6. The van der Waals surface area contributed by atoms with Gasteiger partial charge in [0, 0.05) is 21.3 Å². The van der Waals surface area contributed by atoms with E-state index in [0.29, 0.717) is 5.69 Å². The number of rotatable bonds is 3. The molecule has 0 heterocycles. The van der Waals surface area contributed by atoms with Gasteiger partial charge in [-0.1, -0.05) is 15.9 Å². The number of benzene rings is 1. The van der Waals surface area contributed by atoms with Crippen LogP contribution in [0.5, 0.6) is 0 Å². The van der Waals surface area contributed by atoms with Crippen LogP contribution in [0.15, 0.2) is 33.8 Å². The fraction of sp³-hybridized carbons (Fsp3) is 0.231. The molecule has 18 heavy (non-hydrogen) atoms. The van der Waals surface area contributed by atoms with Crippen LogP contribution in [-0.4, -0.2) is 17.0 Å². The number of aliphatic carboxylic acids is 1. The van der Waals surface area contributed by atoms with Gasteiger partial charge in [-0.3, -0.25) is 4.79 Å². The molecule has 5 heteroatoms. The van der Waals surface area contributed by atoms with Gasteiger partial charge in [0.1, 0.15) is 0 Å². The number of nitrogens with one attached hydrogen (secondary N) is 1. The highest BCUT2D eigenvalue weighted by atomic mass is 79.9. The smallest absolute Gasteiger partial charge is 0.331 e. The fourth-order valence-electron chi connectivity index (χ4n) is 1.28. The Hall–Kier alpha value is -1.62. The van der Waals surface area contributed by atoms with Crippen LogP contribution in [0.2, 0.25) is 0 Å². The summed E-state index contributed by atoms with van der Waals surface area (Å²) in [6, 6.07) is 5.39. The Morgan fingerprint density at radius 1 is 1.22 bits per heavy atom. The minimum atomic E-state index is -1.09. The SMILES string of the molecule is C/C(C(=O)O)=C(\C)C(=O)Nc1ccc(Br)c(C)c1. The summed E-state index contributed by atoms with van der Waals surface area (Å²) in [6.07, 6.45) is 0. The molecule has 0 saturated carbocycles. The van der Waals surface area contributed by atoms with Gasteiger partial charge in [-0.15, -0.1) is 0 Å². The molecule has 2 N–H and O–H groups in total. The van der Waals surface area contributed by atoms with Gasteiger partial charge in [-0.25, -0.2) is 4.79 Å². The first-order chi connectivity index (χ1) is 8.32. The van der Waals surface area contributed by atoms with E-state index in [1.165, 1.54) is 13.8 Å². The summed E-state index contributed by atoms with van der Waals surface area (Å²) in [5, 5.41) is 11.5. The lowest BCUT2D eigenvalue weighted by Gasteiger charge is -2.08. The van der Waals surface area contributed by atoms with Gasteiger partial charge < -0.3 is 10.4 Å². The lowest BCUT2D eigenvalue weighted by Crippen LogP contribution is -2.16. The molecular formula is C13H14BrNO3. The van der Waals surface area contributed by atoms with Gasteiger partial charge in [0.05, 0.1) is 0 Å². The molecule has 0 aliphatic rings. The van der Waals surface area contributed by atoms with Crippen LogP contribution >= 0.6 is 15.9 Å². The molecule has 1 aromatic rings. The molecule has 4 nitrogen and oxygen atoms in total. The Morgan fingerprint density at radius 2 is 1.83 bits per heavy atom. The molecule has 1 amide bonds. The Kier molecular flexibility index (Phi) is 4.67. The Bertz CT molecular complexity index is 535. The minimum Gasteiger partial charge on any atom is -0.478 e. The zero-order valence-electron chi connectivity index (χ0n) is 10.4. The number of carboxylic acids is 1. The summed E-state index contributed by atoms with van der Waals surface area (Å²) in [6.45, 7) is 4.81. The number of carboxylic acid groups (broad SMARTS) is 1. The molecule has 0 saturated heterocycles. The van der Waals surface area contributed by atoms with Crippen molar-refractivity contribution in [3.8, 4) is 0 Å². The van der Waals surface area contributed by atoms with Crippen molar-refractivity contribution in [3.05, 3.63) is 39.4 Å². The van der Waals surface area contributed by atoms with E-state index in [1.54, 1.807) is 6.07 Å². The number of hydrogen-bond acceptors (Lipinski definition) is 2. The topological polar surface area (TPSA) is 66.4 Å². The lowest BCUT2D eigenvalue weighted by molar-refractivity contribution is -0.133. The summed E-state index contributed by atoms with van der Waals surface area (Å²) in [5.74, 6) is -1.49. The molecular weight excluding hydrogens is 298 g/mol. The number of amides is 1. The van der Waals surface area contributed by atoms with Crippen LogP contribution in [0.25, 0.3) is 0 Å². The van der Waals surface area contributed by atoms with Crippen molar-refractivity contribution in [2.24, 2.45) is 0 Å². The van der Waals surface area contributed by atoms with E-state index in [2.05, 4.69) is 21.2 Å². The third-order valence-corrected chi connectivity index (χ3v) is 3.53. The Balaban J connectivity index is 2.92. The number of anilines is 1. The van der Waals surface area contributed by atoms with Gasteiger partial charge in [0.15, 0.2) is 0 Å². The lowest BCUT2D eigenvalue weighted by atomic mass is 10.1. The highest BCUT2D eigenvalue weighted by Crippen LogP contribution is 2.20. The predicted octanol–water partition coefficient (Wildman–Crippen LogP) is 3.12. The standard InChI is InChI=1S/C13H14BrNO3/c1-7-6-10(4-5-11(7)14)15-12(16)8(2)9(3)13(17)18/h4-6H,1-3H3,(H,15,16)(H,17,18)/b9-8-. The summed E-state index contributed by atoms with van der Waals surface area (Å²) in [7, 11) is 0. The maximum absolute atomic E-state index is 11.8. The van der Waals surface area contributed by atoms with Gasteiger partial charge in [-0.05, 0) is 44.5 Å². The molecule has 1 rings (SSSR count). The largest absolute Gasteiger partial charge is 0.478 e. The van der Waals surface area contributed by atoms with E-state index >= 15 is 0 Å². The summed E-state index contributed by atoms with van der Waals surface area (Å²) >= 11 is 3.37. The maximum atomic E-state index is 11.8. The van der Waals surface area contributed by atoms with E-state index in [1.807, 2.05) is 19.1 Å². The van der Waals surface area contributed by atoms with E-state index in [0.717, 1.165) is 10.0 Å². The van der Waals surface area contributed by atoms with Crippen LogP contribution in [0.1, 0.15) is 19.4 Å². The van der Waals surface area contributed by atoms with E-state index in [9.17, 15) is 9.59 Å². The van der Waals surface area contributed by atoms with Gasteiger partial charge >= 0.3 is 5.97 Å². The van der Waals surface area contributed by atoms with Gasteiger partial charge in [-0.2, -0.15) is 0 Å². The molecule has 0 aliphatic carbocycles. The molecule has 0 spiro atoms. The van der Waals surface area contributed by atoms with Crippen molar-refractivity contribution in [2.75, 3.05) is 5.32 Å². The Morgan fingerprint density at radius 3 is 2.33 bits per heavy atom. The molecule has 0 bridgehead atoms. The molecule has 0 atom stereocenters. The second-order valence-electron chi connectivity index (χ2n) is 3.97. The monoisotopic (exact) mass is 311 g/mol. The second kappa shape index (κ2) is 5.82. The van der Waals surface area contributed by atoms with E-state index < -0.39 is 11.9 Å². The first-order valence-electron chi connectivity index (χ1n) is 5.31. The fourth-order valence-corrected chi connectivity index (χ4v) is 1.52. The molecule has 1 aromatic carbocycles. The van der Waals surface area contributed by atoms with Gasteiger partial charge in [0.25, 0.3) is 5.91 Å². The number of carbonyl (C=O) groups is 2. The predicted molar refractivity (Wildman–Crippen MR) is 73.5 cm³/mol. The molecule has 0 fully saturated rings. The molecule has 0 radical (unpaired) electrons. The van der Waals surface area contributed by atoms with Crippen molar-refractivity contribution in [3.63, 3.8) is 0 Å². The summed E-state index contributed by atoms with van der Waals surface area (Å²) < 4.78 is 0.953. The Labute approximate surface area is 114 Å². The average Bonchev–Trinajstić information content (AvgIpc) is 2.31. The van der Waals surface area contributed by atoms with Crippen molar-refractivity contribution < 1.29 is 14.7 Å². The van der Waals surface area contributed by atoms with Crippen LogP contribution in [0.4, 0.5) is 5.69 Å². The minimum absolute atomic E-state index is 0.0429. The first-order valence-corrected chi connectivity index (χ1v) is 6.10. The summed E-state index contributed by atoms with van der Waals surface area (Å²) in [5.41, 5.74) is 1.87. The van der Waals surface area contributed by atoms with Crippen molar-refractivity contribution in [1.82, 2.24) is 0 Å². The van der Waals surface area contributed by atoms with Crippen molar-refractivity contribution in [1.29, 1.82) is 0 Å². The third-order valence-electron chi connectivity index (χ3n) is 2.64. The number of carbonyl (C=O) groups excluding carboxylic acids is 1. The maximum Gasteiger partial charge on any atom is 0.331 e. The van der Waals surface area contributed by atoms with Crippen LogP contribution in [0.3, 0.4) is 0 Å². The average molecular weight is 312 g/mol. The second-order valence-corrected chi connectivity index (χ2v) is 4.83. The third kappa shape index (κ3) is 3.43. The molecule has 0 aliphatic heterocycles. The van der Waals surface area contributed by atoms with E-state index in [-0.39, 0.29) is 11.1 Å². The zero-order valence-corrected chi connectivity index (χ0v) is 12.0. The highest BCUT2D eigenvalue weighted by Gasteiger charge is 2.12. The quantitative estimate of drug-likeness (QED) is 0.843. The van der Waals surface area contributed by atoms with Crippen molar-refractivity contribution >= 4 is 33.5 Å². The van der Waals surface area contributed by atoms with E-state index in [4.69, 9.17) is 5.11 Å². The molecule has 0 unspecified atom stereocenters. The molecule has 96 valence electrons. The van der Waals surface area contributed by atoms with Crippen LogP contribution in [-0.2, 0) is 9.59 Å². The normalized spacial score (nSPS) is 11.8. The van der Waals surface area contributed by atoms with Crippen molar-refractivity contribution in [2.45, 2.75) is 20.8 Å². The van der Waals surface area contributed by atoms with Gasteiger partial charge in [0.2, 0.25) is 0 Å².